The van der Waals surface area contributed by atoms with Gasteiger partial charge in [-0.3, -0.25) is 0 Å². The van der Waals surface area contributed by atoms with E-state index in [2.05, 4.69) is 15.3 Å². The molecule has 4 rings (SSSR count). The lowest BCUT2D eigenvalue weighted by Crippen LogP contribution is -1.99. The lowest BCUT2D eigenvalue weighted by Gasteiger charge is -1.99. The van der Waals surface area contributed by atoms with Crippen LogP contribution in [0.15, 0.2) is 39.4 Å². The Hall–Kier alpha value is -2.47. The molecule has 3 aromatic rings. The molecular formula is C16H15N3O3. The zero-order chi connectivity index (χ0) is 14.9. The average Bonchev–Trinajstić information content (AvgIpc) is 3.27. The highest BCUT2D eigenvalue weighted by Gasteiger charge is 2.26. The molecule has 3 heterocycles. The molecule has 6 heteroatoms. The van der Waals surface area contributed by atoms with E-state index in [-0.39, 0.29) is 5.92 Å². The largest absolute Gasteiger partial charge is 0.381 e. The Kier molecular flexibility index (Phi) is 3.23. The third kappa shape index (κ3) is 2.21. The Morgan fingerprint density at radius 1 is 1.09 bits per heavy atom. The van der Waals surface area contributed by atoms with Gasteiger partial charge < -0.3 is 13.8 Å². The molecule has 1 aliphatic rings. The lowest BCUT2D eigenvalue weighted by atomic mass is 10.1. The fourth-order valence-corrected chi connectivity index (χ4v) is 2.66. The molecule has 0 saturated carbocycles. The topological polar surface area (TPSA) is 74.2 Å². The zero-order valence-electron chi connectivity index (χ0n) is 12.2. The van der Waals surface area contributed by atoms with Crippen molar-refractivity contribution >= 4 is 0 Å². The molecule has 2 aromatic heterocycles. The second-order valence-electron chi connectivity index (χ2n) is 5.35. The van der Waals surface area contributed by atoms with Crippen molar-refractivity contribution in [2.24, 2.45) is 0 Å². The number of aromatic nitrogens is 3. The normalized spacial score (nSPS) is 18.0. The highest BCUT2D eigenvalue weighted by Crippen LogP contribution is 2.34. The fourth-order valence-electron chi connectivity index (χ4n) is 2.66. The van der Waals surface area contributed by atoms with E-state index in [4.69, 9.17) is 13.8 Å². The molecule has 0 unspecified atom stereocenters. The van der Waals surface area contributed by atoms with Crippen LogP contribution in [0.3, 0.4) is 0 Å². The minimum Gasteiger partial charge on any atom is -0.381 e. The lowest BCUT2D eigenvalue weighted by molar-refractivity contribution is 0.192. The maximum absolute atomic E-state index is 5.45. The standard InChI is InChI=1S/C16H15N3O3/c1-10-13(14(18-21-10)11-5-3-2-4-6-11)16-17-15(19-22-16)12-7-8-20-9-12/h2-6,12H,7-9H2,1H3/t12-/m1/s1. The molecule has 112 valence electrons. The third-order valence-electron chi connectivity index (χ3n) is 3.86. The van der Waals surface area contributed by atoms with Crippen molar-refractivity contribution in [1.29, 1.82) is 0 Å². The summed E-state index contributed by atoms with van der Waals surface area (Å²) < 4.78 is 16.2. The van der Waals surface area contributed by atoms with E-state index in [9.17, 15) is 0 Å². The van der Waals surface area contributed by atoms with Gasteiger partial charge in [0.05, 0.1) is 6.61 Å². The van der Waals surface area contributed by atoms with Crippen molar-refractivity contribution in [1.82, 2.24) is 15.3 Å². The number of hydrogen-bond acceptors (Lipinski definition) is 6. The molecule has 0 N–H and O–H groups in total. The molecule has 6 nitrogen and oxygen atoms in total. The smallest absolute Gasteiger partial charge is 0.263 e. The monoisotopic (exact) mass is 297 g/mol. The van der Waals surface area contributed by atoms with E-state index in [1.54, 1.807) is 0 Å². The summed E-state index contributed by atoms with van der Waals surface area (Å²) in [7, 11) is 0. The van der Waals surface area contributed by atoms with Gasteiger partial charge in [-0.2, -0.15) is 4.98 Å². The Bertz CT molecular complexity index is 773. The Balaban J connectivity index is 1.75. The molecule has 0 amide bonds. The molecule has 0 aliphatic carbocycles. The molecule has 22 heavy (non-hydrogen) atoms. The van der Waals surface area contributed by atoms with Crippen LogP contribution in [-0.4, -0.2) is 28.5 Å². The summed E-state index contributed by atoms with van der Waals surface area (Å²) in [6.07, 6.45) is 0.924. The summed E-state index contributed by atoms with van der Waals surface area (Å²) in [5.74, 6) is 2.00. The van der Waals surface area contributed by atoms with Gasteiger partial charge in [0.2, 0.25) is 0 Å². The minimum absolute atomic E-state index is 0.206. The predicted molar refractivity (Wildman–Crippen MR) is 78.1 cm³/mol. The van der Waals surface area contributed by atoms with E-state index in [1.807, 2.05) is 37.3 Å². The first-order chi connectivity index (χ1) is 10.8. The van der Waals surface area contributed by atoms with Gasteiger partial charge in [0, 0.05) is 18.1 Å². The van der Waals surface area contributed by atoms with Gasteiger partial charge in [-0.25, -0.2) is 0 Å². The molecule has 0 spiro atoms. The predicted octanol–water partition coefficient (Wildman–Crippen LogP) is 3.20. The summed E-state index contributed by atoms with van der Waals surface area (Å²) in [5.41, 5.74) is 2.43. The van der Waals surface area contributed by atoms with Gasteiger partial charge in [-0.05, 0) is 13.3 Å². The first-order valence-electron chi connectivity index (χ1n) is 7.26. The van der Waals surface area contributed by atoms with Gasteiger partial charge in [0.25, 0.3) is 5.89 Å². The maximum atomic E-state index is 5.45. The second kappa shape index (κ2) is 5.38. The quantitative estimate of drug-likeness (QED) is 0.739. The summed E-state index contributed by atoms with van der Waals surface area (Å²) in [5, 5.41) is 8.24. The van der Waals surface area contributed by atoms with Crippen LogP contribution in [0.4, 0.5) is 0 Å². The van der Waals surface area contributed by atoms with E-state index in [1.165, 1.54) is 0 Å². The highest BCUT2D eigenvalue weighted by atomic mass is 16.5. The van der Waals surface area contributed by atoms with E-state index in [0.29, 0.717) is 24.1 Å². The number of nitrogens with zero attached hydrogens (tertiary/aromatic N) is 3. The van der Waals surface area contributed by atoms with Crippen LogP contribution in [0.1, 0.15) is 23.9 Å². The van der Waals surface area contributed by atoms with Gasteiger partial charge in [-0.15, -0.1) is 0 Å². The third-order valence-corrected chi connectivity index (χ3v) is 3.86. The molecule has 1 atom stereocenters. The van der Waals surface area contributed by atoms with Crippen molar-refractivity contribution in [3.8, 4) is 22.7 Å². The Morgan fingerprint density at radius 2 is 1.95 bits per heavy atom. The zero-order valence-corrected chi connectivity index (χ0v) is 12.2. The number of benzene rings is 1. The average molecular weight is 297 g/mol. The van der Waals surface area contributed by atoms with Crippen molar-refractivity contribution < 1.29 is 13.8 Å². The Labute approximate surface area is 127 Å². The molecule has 0 radical (unpaired) electrons. The summed E-state index contributed by atoms with van der Waals surface area (Å²) in [4.78, 5) is 4.52. The van der Waals surface area contributed by atoms with E-state index >= 15 is 0 Å². The summed E-state index contributed by atoms with van der Waals surface area (Å²) >= 11 is 0. The summed E-state index contributed by atoms with van der Waals surface area (Å²) in [6.45, 7) is 3.24. The van der Waals surface area contributed by atoms with Crippen LogP contribution in [-0.2, 0) is 4.74 Å². The van der Waals surface area contributed by atoms with Crippen LogP contribution in [0.2, 0.25) is 0 Å². The van der Waals surface area contributed by atoms with Crippen molar-refractivity contribution in [3.05, 3.63) is 41.9 Å². The van der Waals surface area contributed by atoms with Crippen LogP contribution in [0.5, 0.6) is 0 Å². The van der Waals surface area contributed by atoms with E-state index in [0.717, 1.165) is 29.8 Å². The van der Waals surface area contributed by atoms with Gasteiger partial charge >= 0.3 is 0 Å². The van der Waals surface area contributed by atoms with Crippen LogP contribution < -0.4 is 0 Å². The summed E-state index contributed by atoms with van der Waals surface area (Å²) in [6, 6.07) is 9.82. The highest BCUT2D eigenvalue weighted by molar-refractivity contribution is 5.77. The van der Waals surface area contributed by atoms with Crippen molar-refractivity contribution in [2.75, 3.05) is 13.2 Å². The first kappa shape index (κ1) is 13.2. The molecular weight excluding hydrogens is 282 g/mol. The van der Waals surface area contributed by atoms with Crippen molar-refractivity contribution in [2.45, 2.75) is 19.3 Å². The van der Waals surface area contributed by atoms with Crippen molar-refractivity contribution in [3.63, 3.8) is 0 Å². The van der Waals surface area contributed by atoms with Crippen LogP contribution >= 0.6 is 0 Å². The van der Waals surface area contributed by atoms with Gasteiger partial charge in [-0.1, -0.05) is 40.6 Å². The second-order valence-corrected chi connectivity index (χ2v) is 5.35. The molecule has 0 bridgehead atoms. The molecule has 1 aromatic carbocycles. The minimum atomic E-state index is 0.206. The van der Waals surface area contributed by atoms with E-state index < -0.39 is 0 Å². The maximum Gasteiger partial charge on any atom is 0.263 e. The van der Waals surface area contributed by atoms with Crippen LogP contribution in [0, 0.1) is 6.92 Å². The molecule has 1 aliphatic heterocycles. The number of hydrogen-bond donors (Lipinski definition) is 0. The number of rotatable bonds is 3. The fraction of sp³-hybridized carbons (Fsp3) is 0.312. The first-order valence-corrected chi connectivity index (χ1v) is 7.26. The van der Waals surface area contributed by atoms with Gasteiger partial charge in [0.15, 0.2) is 5.82 Å². The number of aryl methyl sites for hydroxylation is 1. The molecule has 1 fully saturated rings. The molecule has 1 saturated heterocycles. The Morgan fingerprint density at radius 3 is 2.73 bits per heavy atom. The van der Waals surface area contributed by atoms with Crippen LogP contribution in [0.25, 0.3) is 22.7 Å². The SMILES string of the molecule is Cc1onc(-c2ccccc2)c1-c1nc([C@@H]2CCOC2)no1. The van der Waals surface area contributed by atoms with Gasteiger partial charge in [0.1, 0.15) is 17.0 Å². The number of ether oxygens (including phenoxy) is 1.